The van der Waals surface area contributed by atoms with Gasteiger partial charge >= 0.3 is 11.9 Å². The van der Waals surface area contributed by atoms with Crippen molar-refractivity contribution < 1.29 is 24.9 Å². The maximum atomic E-state index is 10.9. The van der Waals surface area contributed by atoms with Gasteiger partial charge in [0.15, 0.2) is 4.08 Å². The molecule has 0 amide bonds. The van der Waals surface area contributed by atoms with Crippen LogP contribution in [0.3, 0.4) is 0 Å². The van der Waals surface area contributed by atoms with Crippen molar-refractivity contribution >= 4 is 62.5 Å². The van der Waals surface area contributed by atoms with Gasteiger partial charge in [0, 0.05) is 11.0 Å². The summed E-state index contributed by atoms with van der Waals surface area (Å²) in [4.78, 5) is 21.7. The first-order valence-electron chi connectivity index (χ1n) is 4.04. The normalized spacial score (nSPS) is 17.6. The third kappa shape index (κ3) is 3.66. The number of aliphatic hydroxyl groups is 1. The predicted octanol–water partition coefficient (Wildman–Crippen LogP) is -0.0832. The van der Waals surface area contributed by atoms with Crippen molar-refractivity contribution in [2.24, 2.45) is 5.92 Å². The largest absolute Gasteiger partial charge is 0.481 e. The van der Waals surface area contributed by atoms with Crippen LogP contribution in [0.25, 0.3) is 0 Å². The van der Waals surface area contributed by atoms with Gasteiger partial charge in [-0.2, -0.15) is 25.3 Å². The Morgan fingerprint density at radius 1 is 1.25 bits per heavy atom. The Balaban J connectivity index is 5.17. The second-order valence-corrected chi connectivity index (χ2v) is 5.88. The van der Waals surface area contributed by atoms with Gasteiger partial charge in [-0.1, -0.05) is 0 Å². The van der Waals surface area contributed by atoms with Crippen LogP contribution in [0, 0.1) is 5.92 Å². The highest BCUT2D eigenvalue weighted by molar-refractivity contribution is 8.02. The highest BCUT2D eigenvalue weighted by Crippen LogP contribution is 2.34. The summed E-state index contributed by atoms with van der Waals surface area (Å²) in [5, 5.41) is 26.6. The van der Waals surface area contributed by atoms with Crippen LogP contribution in [0.5, 0.6) is 0 Å². The Morgan fingerprint density at radius 3 is 1.94 bits per heavy atom. The van der Waals surface area contributed by atoms with Crippen molar-refractivity contribution in [1.82, 2.24) is 0 Å². The zero-order chi connectivity index (χ0) is 13.1. The molecule has 0 aromatic carbocycles. The van der Waals surface area contributed by atoms with Gasteiger partial charge in [0.05, 0.1) is 6.10 Å². The predicted molar refractivity (Wildman–Crippen MR) is 72.1 cm³/mol. The van der Waals surface area contributed by atoms with Crippen LogP contribution in [0.4, 0.5) is 0 Å². The van der Waals surface area contributed by atoms with Crippen molar-refractivity contribution in [3.63, 3.8) is 0 Å². The number of thiol groups is 4. The lowest BCUT2D eigenvalue weighted by Crippen LogP contribution is -2.50. The molecule has 9 heteroatoms. The molecule has 0 aromatic heterocycles. The highest BCUT2D eigenvalue weighted by Gasteiger charge is 2.49. The molecular formula is C7H12O5S4. The van der Waals surface area contributed by atoms with Crippen molar-refractivity contribution in [2.75, 3.05) is 5.75 Å². The molecule has 0 bridgehead atoms. The van der Waals surface area contributed by atoms with Gasteiger partial charge in [0.1, 0.15) is 5.92 Å². The lowest BCUT2D eigenvalue weighted by atomic mass is 9.95. The maximum absolute atomic E-state index is 10.9. The molecule has 0 fully saturated rings. The first kappa shape index (κ1) is 16.3. The molecular weight excluding hydrogens is 292 g/mol. The van der Waals surface area contributed by atoms with E-state index in [2.05, 4.69) is 50.5 Å². The van der Waals surface area contributed by atoms with E-state index in [0.29, 0.717) is 0 Å². The minimum Gasteiger partial charge on any atom is -0.481 e. The molecule has 0 aromatic rings. The van der Waals surface area contributed by atoms with Crippen LogP contribution in [0.15, 0.2) is 0 Å². The van der Waals surface area contributed by atoms with Gasteiger partial charge < -0.3 is 15.3 Å². The SMILES string of the molecule is O=C(O)C(C(O)C(S)CS)C(S)(S)C(=O)O. The molecule has 0 saturated carbocycles. The van der Waals surface area contributed by atoms with E-state index < -0.39 is 33.3 Å². The summed E-state index contributed by atoms with van der Waals surface area (Å²) in [7, 11) is 0. The fraction of sp³-hybridized carbons (Fsp3) is 0.714. The standard InChI is InChI=1S/C7H12O5S4/c8-4(2(14)1-13)3(5(9)10)7(15,16)6(11)12/h2-4,8,13-16H,1H2,(H,9,10)(H,11,12). The second-order valence-electron chi connectivity index (χ2n) is 3.09. The molecule has 16 heavy (non-hydrogen) atoms. The average molecular weight is 304 g/mol. The molecule has 3 N–H and O–H groups in total. The molecule has 0 aliphatic heterocycles. The second kappa shape index (κ2) is 6.29. The smallest absolute Gasteiger partial charge is 0.330 e. The van der Waals surface area contributed by atoms with E-state index in [-0.39, 0.29) is 5.75 Å². The maximum Gasteiger partial charge on any atom is 0.330 e. The summed E-state index contributed by atoms with van der Waals surface area (Å²) >= 11 is 15.1. The van der Waals surface area contributed by atoms with E-state index in [1.807, 2.05) is 0 Å². The molecule has 3 unspecified atom stereocenters. The number of aliphatic hydroxyl groups excluding tert-OH is 1. The van der Waals surface area contributed by atoms with Crippen molar-refractivity contribution in [1.29, 1.82) is 0 Å². The van der Waals surface area contributed by atoms with Crippen molar-refractivity contribution in [3.05, 3.63) is 0 Å². The average Bonchev–Trinajstić information content (AvgIpc) is 2.15. The van der Waals surface area contributed by atoms with E-state index in [1.54, 1.807) is 0 Å². The van der Waals surface area contributed by atoms with Gasteiger partial charge in [-0.15, -0.1) is 25.3 Å². The van der Waals surface area contributed by atoms with E-state index in [4.69, 9.17) is 10.2 Å². The summed E-state index contributed by atoms with van der Waals surface area (Å²) in [5.41, 5.74) is 0. The Hall–Kier alpha value is 0.300. The number of carboxylic acid groups (broad SMARTS) is 2. The van der Waals surface area contributed by atoms with Crippen LogP contribution in [-0.4, -0.2) is 48.4 Å². The minimum absolute atomic E-state index is 0.0886. The van der Waals surface area contributed by atoms with E-state index in [1.165, 1.54) is 0 Å². The summed E-state index contributed by atoms with van der Waals surface area (Å²) in [6, 6.07) is 0. The topological polar surface area (TPSA) is 94.8 Å². The minimum atomic E-state index is -2.19. The number of aliphatic carboxylic acids is 2. The van der Waals surface area contributed by atoms with Crippen LogP contribution in [0.1, 0.15) is 0 Å². The Labute approximate surface area is 114 Å². The fourth-order valence-corrected chi connectivity index (χ4v) is 1.93. The highest BCUT2D eigenvalue weighted by atomic mass is 32.2. The zero-order valence-electron chi connectivity index (χ0n) is 7.89. The molecule has 0 radical (unpaired) electrons. The van der Waals surface area contributed by atoms with Crippen LogP contribution < -0.4 is 0 Å². The van der Waals surface area contributed by atoms with Crippen molar-refractivity contribution in [3.8, 4) is 0 Å². The molecule has 3 atom stereocenters. The lowest BCUT2D eigenvalue weighted by Gasteiger charge is -2.31. The molecule has 0 rings (SSSR count). The van der Waals surface area contributed by atoms with Gasteiger partial charge in [-0.25, -0.2) is 4.79 Å². The first-order valence-corrected chi connectivity index (χ1v) is 6.08. The van der Waals surface area contributed by atoms with Crippen LogP contribution in [-0.2, 0) is 9.59 Å². The number of carbonyl (C=O) groups is 2. The molecule has 94 valence electrons. The Kier molecular flexibility index (Phi) is 6.41. The van der Waals surface area contributed by atoms with E-state index >= 15 is 0 Å². The molecule has 0 saturated heterocycles. The molecule has 5 nitrogen and oxygen atoms in total. The quantitative estimate of drug-likeness (QED) is 0.275. The summed E-state index contributed by atoms with van der Waals surface area (Å²) in [6.07, 6.45) is -1.52. The number of hydrogen-bond donors (Lipinski definition) is 7. The molecule has 0 aliphatic carbocycles. The summed E-state index contributed by atoms with van der Waals surface area (Å²) < 4.78 is -2.19. The van der Waals surface area contributed by atoms with Gasteiger partial charge in [0.2, 0.25) is 0 Å². The molecule has 0 spiro atoms. The van der Waals surface area contributed by atoms with Gasteiger partial charge in [-0.05, 0) is 0 Å². The van der Waals surface area contributed by atoms with Gasteiger partial charge in [-0.3, -0.25) is 4.79 Å². The van der Waals surface area contributed by atoms with Crippen molar-refractivity contribution in [2.45, 2.75) is 15.4 Å². The Bertz CT molecular complexity index is 282. The first-order chi connectivity index (χ1) is 7.16. The third-order valence-electron chi connectivity index (χ3n) is 1.94. The zero-order valence-corrected chi connectivity index (χ0v) is 11.5. The lowest BCUT2D eigenvalue weighted by molar-refractivity contribution is -0.152. The number of hydrogen-bond acceptors (Lipinski definition) is 7. The third-order valence-corrected chi connectivity index (χ3v) is 4.05. The molecule has 0 heterocycles. The summed E-state index contributed by atoms with van der Waals surface area (Å²) in [6.45, 7) is 0. The number of carboxylic acids is 2. The van der Waals surface area contributed by atoms with E-state index in [0.717, 1.165) is 0 Å². The van der Waals surface area contributed by atoms with Crippen LogP contribution >= 0.6 is 50.5 Å². The monoisotopic (exact) mass is 304 g/mol. The van der Waals surface area contributed by atoms with Gasteiger partial charge in [0.25, 0.3) is 0 Å². The fourth-order valence-electron chi connectivity index (χ4n) is 1.02. The number of rotatable bonds is 6. The van der Waals surface area contributed by atoms with E-state index in [9.17, 15) is 14.7 Å². The summed E-state index contributed by atoms with van der Waals surface area (Å²) in [5.74, 6) is -4.68. The van der Waals surface area contributed by atoms with Crippen LogP contribution in [0.2, 0.25) is 0 Å². The Morgan fingerprint density at radius 2 is 1.69 bits per heavy atom. The molecule has 0 aliphatic rings.